The van der Waals surface area contributed by atoms with Gasteiger partial charge in [0.2, 0.25) is 11.6 Å². The molecule has 2 aromatic carbocycles. The summed E-state index contributed by atoms with van der Waals surface area (Å²) in [5.74, 6) is 0.457. The Hall–Kier alpha value is -3.39. The number of nitrogens with zero attached hydrogens (tertiary/aromatic N) is 4. The Kier molecular flexibility index (Phi) is 5.67. The number of aromatic nitrogens is 4. The summed E-state index contributed by atoms with van der Waals surface area (Å²) in [5, 5.41) is 11.5. The van der Waals surface area contributed by atoms with Crippen LogP contribution in [0.15, 0.2) is 76.9 Å². The van der Waals surface area contributed by atoms with Crippen LogP contribution in [0.2, 0.25) is 0 Å². The van der Waals surface area contributed by atoms with Crippen LogP contribution in [0.4, 0.5) is 5.69 Å². The van der Waals surface area contributed by atoms with Gasteiger partial charge in [0.25, 0.3) is 0 Å². The first-order chi connectivity index (χ1) is 14.5. The van der Waals surface area contributed by atoms with Crippen LogP contribution in [0.1, 0.15) is 25.3 Å². The first-order valence-electron chi connectivity index (χ1n) is 9.57. The summed E-state index contributed by atoms with van der Waals surface area (Å²) < 4.78 is 3.13. The zero-order valence-corrected chi connectivity index (χ0v) is 17.5. The lowest BCUT2D eigenvalue weighted by atomic mass is 10.0. The van der Waals surface area contributed by atoms with E-state index in [2.05, 4.69) is 29.4 Å². The molecule has 1 N–H and O–H groups in total. The summed E-state index contributed by atoms with van der Waals surface area (Å²) in [5.41, 5.74) is 2.68. The molecule has 0 aliphatic heterocycles. The lowest BCUT2D eigenvalue weighted by Crippen LogP contribution is -2.20. The highest BCUT2D eigenvalue weighted by atomic mass is 32.2. The van der Waals surface area contributed by atoms with Gasteiger partial charge in [0.05, 0.1) is 5.75 Å². The van der Waals surface area contributed by atoms with Crippen molar-refractivity contribution in [3.05, 3.63) is 82.9 Å². The van der Waals surface area contributed by atoms with Gasteiger partial charge >= 0.3 is 5.56 Å². The molecule has 4 aromatic rings. The third-order valence-corrected chi connectivity index (χ3v) is 5.61. The molecule has 152 valence electrons. The van der Waals surface area contributed by atoms with Crippen LogP contribution in [0.5, 0.6) is 0 Å². The van der Waals surface area contributed by atoms with Crippen molar-refractivity contribution in [2.45, 2.75) is 24.9 Å². The molecule has 1 amide bonds. The van der Waals surface area contributed by atoms with E-state index in [-0.39, 0.29) is 22.9 Å². The maximum absolute atomic E-state index is 12.7. The first-order valence-corrected chi connectivity index (χ1v) is 10.6. The molecule has 0 aliphatic rings. The Bertz CT molecular complexity index is 1230. The van der Waals surface area contributed by atoms with Gasteiger partial charge in [0.1, 0.15) is 0 Å². The highest BCUT2D eigenvalue weighted by molar-refractivity contribution is 7.99. The standard InChI is InChI=1S/C22H21N5O2S/c1-15(2)16-8-10-17(11-9-16)23-19(28)14-30-22-25-24-20-21(29)26(12-13-27(20)22)18-6-4-3-5-7-18/h3-13,15H,14H2,1-2H3,(H,23,28). The molecule has 4 rings (SSSR count). The van der Waals surface area contributed by atoms with Crippen molar-refractivity contribution in [3.63, 3.8) is 0 Å². The second kappa shape index (κ2) is 8.54. The van der Waals surface area contributed by atoms with E-state index in [0.29, 0.717) is 11.1 Å². The van der Waals surface area contributed by atoms with E-state index in [1.165, 1.54) is 21.9 Å². The Morgan fingerprint density at radius 1 is 1.03 bits per heavy atom. The molecular weight excluding hydrogens is 398 g/mol. The number of hydrogen-bond acceptors (Lipinski definition) is 5. The quantitative estimate of drug-likeness (QED) is 0.482. The average molecular weight is 420 g/mol. The van der Waals surface area contributed by atoms with Crippen molar-refractivity contribution >= 4 is 29.0 Å². The number of hydrogen-bond donors (Lipinski definition) is 1. The SMILES string of the molecule is CC(C)c1ccc(NC(=O)CSc2nnc3c(=O)n(-c4ccccc4)ccn23)cc1. The van der Waals surface area contributed by atoms with Crippen LogP contribution < -0.4 is 10.9 Å². The zero-order chi connectivity index (χ0) is 21.1. The van der Waals surface area contributed by atoms with Gasteiger partial charge in [0, 0.05) is 23.8 Å². The third-order valence-electron chi connectivity index (χ3n) is 4.67. The van der Waals surface area contributed by atoms with Gasteiger partial charge in [-0.2, -0.15) is 0 Å². The molecule has 0 saturated carbocycles. The molecule has 0 bridgehead atoms. The van der Waals surface area contributed by atoms with E-state index in [1.807, 2.05) is 54.6 Å². The summed E-state index contributed by atoms with van der Waals surface area (Å²) in [7, 11) is 0. The number of amides is 1. The minimum Gasteiger partial charge on any atom is -0.325 e. The van der Waals surface area contributed by atoms with Crippen LogP contribution in [0, 0.1) is 0 Å². The summed E-state index contributed by atoms with van der Waals surface area (Å²) in [6.45, 7) is 4.25. The van der Waals surface area contributed by atoms with Crippen molar-refractivity contribution < 1.29 is 4.79 Å². The van der Waals surface area contributed by atoms with Crippen molar-refractivity contribution in [1.29, 1.82) is 0 Å². The predicted molar refractivity (Wildman–Crippen MR) is 118 cm³/mol. The number of nitrogens with one attached hydrogen (secondary N) is 1. The Balaban J connectivity index is 1.46. The number of fused-ring (bicyclic) bond motifs is 1. The number of benzene rings is 2. The first kappa shape index (κ1) is 19.9. The highest BCUT2D eigenvalue weighted by Gasteiger charge is 2.13. The minimum absolute atomic E-state index is 0.147. The monoisotopic (exact) mass is 419 g/mol. The topological polar surface area (TPSA) is 81.3 Å². The smallest absolute Gasteiger partial charge is 0.300 e. The molecule has 0 radical (unpaired) electrons. The average Bonchev–Trinajstić information content (AvgIpc) is 3.17. The lowest BCUT2D eigenvalue weighted by Gasteiger charge is -2.08. The van der Waals surface area contributed by atoms with Crippen molar-refractivity contribution in [2.24, 2.45) is 0 Å². The van der Waals surface area contributed by atoms with Gasteiger partial charge in [-0.1, -0.05) is 55.9 Å². The number of carbonyl (C=O) groups excluding carboxylic acids is 1. The van der Waals surface area contributed by atoms with Crippen molar-refractivity contribution in [1.82, 2.24) is 19.2 Å². The second-order valence-electron chi connectivity index (χ2n) is 7.10. The maximum Gasteiger partial charge on any atom is 0.300 e. The molecule has 2 aromatic heterocycles. The van der Waals surface area contributed by atoms with E-state index in [4.69, 9.17) is 0 Å². The number of anilines is 1. The Morgan fingerprint density at radius 3 is 2.47 bits per heavy atom. The predicted octanol–water partition coefficient (Wildman–Crippen LogP) is 3.73. The fourth-order valence-electron chi connectivity index (χ4n) is 3.03. The van der Waals surface area contributed by atoms with Gasteiger partial charge in [0.15, 0.2) is 5.16 Å². The molecule has 0 saturated heterocycles. The molecule has 8 heteroatoms. The fraction of sp³-hybridized carbons (Fsp3) is 0.182. The van der Waals surface area contributed by atoms with E-state index in [1.54, 1.807) is 16.8 Å². The summed E-state index contributed by atoms with van der Waals surface area (Å²) in [6, 6.07) is 17.1. The molecule has 0 unspecified atom stereocenters. The van der Waals surface area contributed by atoms with Crippen LogP contribution >= 0.6 is 11.8 Å². The number of thioether (sulfide) groups is 1. The third kappa shape index (κ3) is 4.13. The normalized spacial score (nSPS) is 11.2. The number of para-hydroxylation sites is 1. The van der Waals surface area contributed by atoms with E-state index in [0.717, 1.165) is 11.4 Å². The highest BCUT2D eigenvalue weighted by Crippen LogP contribution is 2.19. The Morgan fingerprint density at radius 2 is 1.77 bits per heavy atom. The van der Waals surface area contributed by atoms with Crippen LogP contribution in [-0.2, 0) is 4.79 Å². The largest absolute Gasteiger partial charge is 0.325 e. The van der Waals surface area contributed by atoms with E-state index in [9.17, 15) is 9.59 Å². The molecular formula is C22H21N5O2S. The maximum atomic E-state index is 12.7. The van der Waals surface area contributed by atoms with E-state index < -0.39 is 0 Å². The van der Waals surface area contributed by atoms with Gasteiger partial charge in [-0.3, -0.25) is 18.6 Å². The molecule has 0 spiro atoms. The van der Waals surface area contributed by atoms with Gasteiger partial charge in [-0.05, 0) is 35.7 Å². The number of rotatable bonds is 6. The van der Waals surface area contributed by atoms with Crippen LogP contribution in [-0.4, -0.2) is 30.8 Å². The van der Waals surface area contributed by atoms with Crippen molar-refractivity contribution in [3.8, 4) is 5.69 Å². The van der Waals surface area contributed by atoms with Crippen LogP contribution in [0.3, 0.4) is 0 Å². The van der Waals surface area contributed by atoms with Crippen LogP contribution in [0.25, 0.3) is 11.3 Å². The minimum atomic E-state index is -0.266. The summed E-state index contributed by atoms with van der Waals surface area (Å²) in [4.78, 5) is 25.1. The number of carbonyl (C=O) groups is 1. The van der Waals surface area contributed by atoms with Gasteiger partial charge in [-0.25, -0.2) is 0 Å². The van der Waals surface area contributed by atoms with Gasteiger partial charge in [-0.15, -0.1) is 10.2 Å². The lowest BCUT2D eigenvalue weighted by molar-refractivity contribution is -0.113. The Labute approximate surface area is 177 Å². The molecule has 2 heterocycles. The molecule has 30 heavy (non-hydrogen) atoms. The molecule has 7 nitrogen and oxygen atoms in total. The van der Waals surface area contributed by atoms with E-state index >= 15 is 0 Å². The summed E-state index contributed by atoms with van der Waals surface area (Å²) in [6.07, 6.45) is 3.41. The van der Waals surface area contributed by atoms with Crippen molar-refractivity contribution in [2.75, 3.05) is 11.1 Å². The zero-order valence-electron chi connectivity index (χ0n) is 16.6. The molecule has 0 aliphatic carbocycles. The second-order valence-corrected chi connectivity index (χ2v) is 8.04. The van der Waals surface area contributed by atoms with Gasteiger partial charge < -0.3 is 5.32 Å². The summed E-state index contributed by atoms with van der Waals surface area (Å²) >= 11 is 1.23. The molecule has 0 fully saturated rings. The molecule has 0 atom stereocenters. The fourth-order valence-corrected chi connectivity index (χ4v) is 3.75.